The molecule has 2 aromatic carbocycles. The Kier molecular flexibility index (Phi) is 6.24. The van der Waals surface area contributed by atoms with Gasteiger partial charge in [0.15, 0.2) is 5.69 Å². The third-order valence-electron chi connectivity index (χ3n) is 6.37. The summed E-state index contributed by atoms with van der Waals surface area (Å²) < 4.78 is 1.45. The van der Waals surface area contributed by atoms with E-state index in [9.17, 15) is 14.4 Å². The molecule has 34 heavy (non-hydrogen) atoms. The number of carbonyl (C=O) groups excluding carboxylic acids is 3. The Labute approximate surface area is 199 Å². The lowest BCUT2D eigenvalue weighted by Gasteiger charge is -2.40. The van der Waals surface area contributed by atoms with Crippen LogP contribution in [0, 0.1) is 13.8 Å². The topological polar surface area (TPSA) is 96.3 Å². The molecule has 0 aliphatic carbocycles. The van der Waals surface area contributed by atoms with Crippen molar-refractivity contribution in [3.8, 4) is 0 Å². The number of hydrogen-bond donors (Lipinski definition) is 2. The molecule has 2 N–H and O–H groups in total. The van der Waals surface area contributed by atoms with Gasteiger partial charge >= 0.3 is 0 Å². The lowest BCUT2D eigenvalue weighted by atomic mass is 9.95. The van der Waals surface area contributed by atoms with Crippen LogP contribution in [0.3, 0.4) is 0 Å². The maximum atomic E-state index is 13.1. The summed E-state index contributed by atoms with van der Waals surface area (Å²) in [4.78, 5) is 40.3. The molecule has 0 bridgehead atoms. The van der Waals surface area contributed by atoms with Crippen LogP contribution >= 0.6 is 0 Å². The molecule has 0 unspecified atom stereocenters. The second kappa shape index (κ2) is 9.13. The molecule has 1 aliphatic rings. The van der Waals surface area contributed by atoms with Gasteiger partial charge in [0, 0.05) is 26.2 Å². The highest BCUT2D eigenvalue weighted by molar-refractivity contribution is 6.01. The van der Waals surface area contributed by atoms with Crippen LogP contribution < -0.4 is 10.6 Å². The molecule has 3 aromatic rings. The van der Waals surface area contributed by atoms with Crippen LogP contribution in [0.15, 0.2) is 54.6 Å². The molecule has 0 radical (unpaired) electrons. The number of amides is 3. The van der Waals surface area contributed by atoms with Crippen molar-refractivity contribution in [3.05, 3.63) is 88.2 Å². The van der Waals surface area contributed by atoms with Crippen molar-refractivity contribution in [1.29, 1.82) is 0 Å². The van der Waals surface area contributed by atoms with Gasteiger partial charge in [-0.1, -0.05) is 59.7 Å². The van der Waals surface area contributed by atoms with Gasteiger partial charge in [-0.2, -0.15) is 5.10 Å². The summed E-state index contributed by atoms with van der Waals surface area (Å²) in [7, 11) is 1.60. The number of aryl methyl sites for hydroxylation is 2. The van der Waals surface area contributed by atoms with Crippen LogP contribution in [-0.4, -0.2) is 45.0 Å². The van der Waals surface area contributed by atoms with Gasteiger partial charge < -0.3 is 15.5 Å². The molecule has 0 saturated heterocycles. The van der Waals surface area contributed by atoms with Crippen LogP contribution in [0.5, 0.6) is 0 Å². The third kappa shape index (κ3) is 4.57. The first-order valence-corrected chi connectivity index (χ1v) is 11.2. The highest BCUT2D eigenvalue weighted by atomic mass is 16.2. The standard InChI is InChI=1S/C26H29N5O3/c1-17-5-9-19(10-6-17)14-27-23(32)21-13-22-24(33)30(4)26(3,16-31(22)29-21)25(34)28-15-20-11-7-18(2)8-12-20/h5-13H,14-16H2,1-4H3,(H,27,32)(H,28,34)/t26-/m1/s1. The van der Waals surface area contributed by atoms with Crippen molar-refractivity contribution in [2.24, 2.45) is 0 Å². The zero-order chi connectivity index (χ0) is 24.5. The lowest BCUT2D eigenvalue weighted by Crippen LogP contribution is -2.62. The Balaban J connectivity index is 1.46. The molecular weight excluding hydrogens is 430 g/mol. The fraction of sp³-hybridized carbons (Fsp3) is 0.308. The second-order valence-corrected chi connectivity index (χ2v) is 9.05. The fourth-order valence-corrected chi connectivity index (χ4v) is 3.90. The van der Waals surface area contributed by atoms with Crippen LogP contribution in [0.2, 0.25) is 0 Å². The number of nitrogens with zero attached hydrogens (tertiary/aromatic N) is 3. The smallest absolute Gasteiger partial charge is 0.272 e. The molecule has 3 amide bonds. The van der Waals surface area contributed by atoms with Crippen molar-refractivity contribution in [2.75, 3.05) is 7.05 Å². The molecule has 1 aliphatic heterocycles. The Morgan fingerprint density at radius 1 is 0.941 bits per heavy atom. The van der Waals surface area contributed by atoms with E-state index in [0.29, 0.717) is 13.1 Å². The summed E-state index contributed by atoms with van der Waals surface area (Å²) in [6, 6.07) is 17.2. The minimum absolute atomic E-state index is 0.146. The summed E-state index contributed by atoms with van der Waals surface area (Å²) >= 11 is 0. The monoisotopic (exact) mass is 459 g/mol. The molecule has 8 nitrogen and oxygen atoms in total. The maximum absolute atomic E-state index is 13.1. The quantitative estimate of drug-likeness (QED) is 0.592. The van der Waals surface area contributed by atoms with Crippen LogP contribution in [0.4, 0.5) is 0 Å². The molecule has 0 fully saturated rings. The third-order valence-corrected chi connectivity index (χ3v) is 6.37. The van der Waals surface area contributed by atoms with Crippen molar-refractivity contribution in [1.82, 2.24) is 25.3 Å². The van der Waals surface area contributed by atoms with Crippen LogP contribution in [0.25, 0.3) is 0 Å². The highest BCUT2D eigenvalue weighted by Crippen LogP contribution is 2.26. The Bertz CT molecular complexity index is 1230. The van der Waals surface area contributed by atoms with Crippen LogP contribution in [0.1, 0.15) is 50.2 Å². The van der Waals surface area contributed by atoms with Crippen molar-refractivity contribution < 1.29 is 14.4 Å². The molecule has 0 saturated carbocycles. The molecule has 1 aromatic heterocycles. The first-order valence-electron chi connectivity index (χ1n) is 11.2. The molecular formula is C26H29N5O3. The molecule has 1 atom stereocenters. The molecule has 0 spiro atoms. The van der Waals surface area contributed by atoms with E-state index in [1.807, 2.05) is 62.4 Å². The highest BCUT2D eigenvalue weighted by Gasteiger charge is 2.46. The Hall–Kier alpha value is -3.94. The minimum Gasteiger partial charge on any atom is -0.350 e. The van der Waals surface area contributed by atoms with Gasteiger partial charge in [0.25, 0.3) is 11.8 Å². The minimum atomic E-state index is -1.14. The SMILES string of the molecule is Cc1ccc(CNC(=O)c2cc3n(n2)C[C@](C)(C(=O)NCc2ccc(C)cc2)N(C)C3=O)cc1. The summed E-state index contributed by atoms with van der Waals surface area (Å²) in [5.41, 5.74) is 3.52. The van der Waals surface area contributed by atoms with Crippen LogP contribution in [-0.2, 0) is 24.4 Å². The van der Waals surface area contributed by atoms with Gasteiger partial charge in [-0.3, -0.25) is 19.1 Å². The number of fused-ring (bicyclic) bond motifs is 1. The van der Waals surface area contributed by atoms with Crippen molar-refractivity contribution in [2.45, 2.75) is 45.9 Å². The predicted octanol–water partition coefficient (Wildman–Crippen LogP) is 2.59. The van der Waals surface area contributed by atoms with Gasteiger partial charge in [-0.15, -0.1) is 0 Å². The van der Waals surface area contributed by atoms with E-state index in [-0.39, 0.29) is 35.7 Å². The summed E-state index contributed by atoms with van der Waals surface area (Å²) in [6.07, 6.45) is 0. The van der Waals surface area contributed by atoms with E-state index in [1.165, 1.54) is 15.6 Å². The van der Waals surface area contributed by atoms with Crippen molar-refractivity contribution in [3.63, 3.8) is 0 Å². The number of hydrogen-bond acceptors (Lipinski definition) is 4. The molecule has 8 heteroatoms. The number of benzene rings is 2. The van der Waals surface area contributed by atoms with E-state index >= 15 is 0 Å². The molecule has 4 rings (SSSR count). The summed E-state index contributed by atoms with van der Waals surface area (Å²) in [5.74, 6) is -1.01. The second-order valence-electron chi connectivity index (χ2n) is 9.05. The lowest BCUT2D eigenvalue weighted by molar-refractivity contribution is -0.132. The normalized spacial score (nSPS) is 17.3. The van der Waals surface area contributed by atoms with Gasteiger partial charge in [-0.05, 0) is 31.9 Å². The first-order chi connectivity index (χ1) is 16.2. The van der Waals surface area contributed by atoms with E-state index in [1.54, 1.807) is 14.0 Å². The first kappa shape index (κ1) is 23.2. The van der Waals surface area contributed by atoms with Gasteiger partial charge in [-0.25, -0.2) is 0 Å². The zero-order valence-electron chi connectivity index (χ0n) is 19.9. The fourth-order valence-electron chi connectivity index (χ4n) is 3.90. The maximum Gasteiger partial charge on any atom is 0.272 e. The number of carbonyl (C=O) groups is 3. The summed E-state index contributed by atoms with van der Waals surface area (Å²) in [6.45, 7) is 6.57. The molecule has 176 valence electrons. The Morgan fingerprint density at radius 3 is 2.03 bits per heavy atom. The average molecular weight is 460 g/mol. The Morgan fingerprint density at radius 2 is 1.47 bits per heavy atom. The van der Waals surface area contributed by atoms with Gasteiger partial charge in [0.05, 0.1) is 6.54 Å². The largest absolute Gasteiger partial charge is 0.350 e. The van der Waals surface area contributed by atoms with E-state index in [2.05, 4.69) is 15.7 Å². The number of nitrogens with one attached hydrogen (secondary N) is 2. The summed E-state index contributed by atoms with van der Waals surface area (Å²) in [5, 5.41) is 10.1. The molecule has 2 heterocycles. The van der Waals surface area contributed by atoms with Gasteiger partial charge in [0.1, 0.15) is 11.2 Å². The van der Waals surface area contributed by atoms with Crippen molar-refractivity contribution >= 4 is 17.7 Å². The number of rotatable bonds is 6. The predicted molar refractivity (Wildman–Crippen MR) is 128 cm³/mol. The number of aromatic nitrogens is 2. The zero-order valence-corrected chi connectivity index (χ0v) is 19.9. The van der Waals surface area contributed by atoms with E-state index in [4.69, 9.17) is 0 Å². The average Bonchev–Trinajstić information content (AvgIpc) is 3.25. The van der Waals surface area contributed by atoms with E-state index < -0.39 is 5.54 Å². The van der Waals surface area contributed by atoms with E-state index in [0.717, 1.165) is 22.3 Å². The van der Waals surface area contributed by atoms with Gasteiger partial charge in [0.2, 0.25) is 5.91 Å². The number of likely N-dealkylation sites (N-methyl/N-ethyl adjacent to an activating group) is 1.